The summed E-state index contributed by atoms with van der Waals surface area (Å²) in [5, 5.41) is 13.1. The van der Waals surface area contributed by atoms with E-state index in [2.05, 4.69) is 38.3 Å². The Balaban J connectivity index is 1.27. The van der Waals surface area contributed by atoms with Crippen LogP contribution in [0.3, 0.4) is 0 Å². The minimum atomic E-state index is 0.346. The first-order valence-corrected chi connectivity index (χ1v) is 12.0. The number of aryl methyl sites for hydroxylation is 1. The largest absolute Gasteiger partial charge is 0.343 e. The zero-order valence-corrected chi connectivity index (χ0v) is 18.8. The minimum Gasteiger partial charge on any atom is -0.343 e. The van der Waals surface area contributed by atoms with Crippen molar-refractivity contribution < 1.29 is 4.79 Å². The van der Waals surface area contributed by atoms with Crippen molar-refractivity contribution in [1.82, 2.24) is 25.0 Å². The highest BCUT2D eigenvalue weighted by Crippen LogP contribution is 2.29. The third kappa shape index (κ3) is 5.35. The zero-order valence-electron chi connectivity index (χ0n) is 18.0. The van der Waals surface area contributed by atoms with E-state index in [9.17, 15) is 4.79 Å². The van der Waals surface area contributed by atoms with Gasteiger partial charge in [-0.2, -0.15) is 0 Å². The van der Waals surface area contributed by atoms with Crippen LogP contribution in [0.25, 0.3) is 0 Å². The number of hydrogen-bond acceptors (Lipinski definition) is 7. The van der Waals surface area contributed by atoms with Crippen LogP contribution in [-0.2, 0) is 4.79 Å². The molecule has 0 atom stereocenters. The molecule has 2 aliphatic heterocycles. The van der Waals surface area contributed by atoms with E-state index >= 15 is 0 Å². The number of carbonyl (C=O) groups excluding carboxylic acids is 1. The zero-order chi connectivity index (χ0) is 20.9. The lowest BCUT2D eigenvalue weighted by molar-refractivity contribution is -0.133. The van der Waals surface area contributed by atoms with E-state index in [1.165, 1.54) is 11.3 Å². The van der Waals surface area contributed by atoms with Crippen LogP contribution in [0.1, 0.15) is 55.6 Å². The van der Waals surface area contributed by atoms with Gasteiger partial charge < -0.3 is 15.1 Å². The predicted octanol–water partition coefficient (Wildman–Crippen LogP) is 3.81. The van der Waals surface area contributed by atoms with Gasteiger partial charge in [-0.1, -0.05) is 24.3 Å². The Bertz CT molecular complexity index is 840. The molecule has 4 rings (SSSR count). The summed E-state index contributed by atoms with van der Waals surface area (Å²) in [5.74, 6) is 2.12. The minimum absolute atomic E-state index is 0.346. The molecular formula is C22H32N6OS. The van der Waals surface area contributed by atoms with Gasteiger partial charge in [-0.3, -0.25) is 4.79 Å². The van der Waals surface area contributed by atoms with Gasteiger partial charge in [0.2, 0.25) is 11.0 Å². The monoisotopic (exact) mass is 428 g/mol. The van der Waals surface area contributed by atoms with Gasteiger partial charge in [0, 0.05) is 31.1 Å². The third-order valence-corrected chi connectivity index (χ3v) is 7.17. The maximum Gasteiger partial charge on any atom is 0.222 e. The van der Waals surface area contributed by atoms with Crippen LogP contribution >= 0.6 is 11.3 Å². The van der Waals surface area contributed by atoms with Gasteiger partial charge in [0.1, 0.15) is 10.8 Å². The van der Waals surface area contributed by atoms with Crippen LogP contribution in [0.2, 0.25) is 0 Å². The molecule has 0 radical (unpaired) electrons. The fourth-order valence-electron chi connectivity index (χ4n) is 4.51. The number of amides is 1. The smallest absolute Gasteiger partial charge is 0.222 e. The molecule has 0 saturated carbocycles. The second-order valence-electron chi connectivity index (χ2n) is 8.44. The lowest BCUT2D eigenvalue weighted by atomic mass is 9.90. The van der Waals surface area contributed by atoms with Gasteiger partial charge in [-0.25, -0.2) is 4.98 Å². The quantitative estimate of drug-likeness (QED) is 0.754. The Hall–Kier alpha value is -2.06. The summed E-state index contributed by atoms with van der Waals surface area (Å²) >= 11 is 1.52. The summed E-state index contributed by atoms with van der Waals surface area (Å²) in [6.45, 7) is 9.24. The highest BCUT2D eigenvalue weighted by atomic mass is 32.1. The summed E-state index contributed by atoms with van der Waals surface area (Å²) in [7, 11) is 0. The molecular weight excluding hydrogens is 396 g/mol. The van der Waals surface area contributed by atoms with E-state index in [1.54, 1.807) is 0 Å². The van der Waals surface area contributed by atoms with Crippen molar-refractivity contribution in [1.29, 1.82) is 0 Å². The molecule has 0 aromatic carbocycles. The Morgan fingerprint density at radius 1 is 1.13 bits per heavy atom. The molecule has 0 bridgehead atoms. The fourth-order valence-corrected chi connectivity index (χ4v) is 5.11. The first-order valence-electron chi connectivity index (χ1n) is 11.1. The van der Waals surface area contributed by atoms with Crippen LogP contribution in [0.4, 0.5) is 10.9 Å². The molecule has 7 nitrogen and oxygen atoms in total. The Labute approximate surface area is 182 Å². The SMILES string of the molecule is CCN1CCC(CC(=O)N2CCC(c3cccc(Nc4nnc(C)s4)n3)CC2)CC1. The molecule has 2 aromatic rings. The number of rotatable bonds is 6. The van der Waals surface area contributed by atoms with Crippen molar-refractivity contribution >= 4 is 28.2 Å². The van der Waals surface area contributed by atoms with E-state index in [-0.39, 0.29) is 0 Å². The maximum atomic E-state index is 12.8. The van der Waals surface area contributed by atoms with E-state index in [4.69, 9.17) is 4.98 Å². The van der Waals surface area contributed by atoms with E-state index < -0.39 is 0 Å². The van der Waals surface area contributed by atoms with Crippen molar-refractivity contribution in [3.63, 3.8) is 0 Å². The standard InChI is InChI=1S/C22H32N6OS/c1-3-27-11-7-17(8-12-27)15-21(29)28-13-9-18(10-14-28)19-5-4-6-20(23-19)24-22-26-25-16(2)30-22/h4-6,17-18H,3,7-15H2,1-2H3,(H,23,24,26). The number of aromatic nitrogens is 3. The molecule has 4 heterocycles. The van der Waals surface area contributed by atoms with Crippen molar-refractivity contribution in [2.24, 2.45) is 5.92 Å². The van der Waals surface area contributed by atoms with E-state index in [1.807, 2.05) is 19.1 Å². The average Bonchev–Trinajstić information content (AvgIpc) is 3.19. The van der Waals surface area contributed by atoms with Crippen LogP contribution < -0.4 is 5.32 Å². The second kappa shape index (κ2) is 9.83. The van der Waals surface area contributed by atoms with E-state index in [0.717, 1.165) is 86.5 Å². The molecule has 2 aliphatic rings. The lowest BCUT2D eigenvalue weighted by Gasteiger charge is -2.35. The summed E-state index contributed by atoms with van der Waals surface area (Å²) in [4.78, 5) is 22.2. The lowest BCUT2D eigenvalue weighted by Crippen LogP contribution is -2.40. The van der Waals surface area contributed by atoms with Crippen LogP contribution in [0.5, 0.6) is 0 Å². The van der Waals surface area contributed by atoms with Gasteiger partial charge in [0.05, 0.1) is 0 Å². The van der Waals surface area contributed by atoms with Crippen LogP contribution in [0, 0.1) is 12.8 Å². The third-order valence-electron chi connectivity index (χ3n) is 6.42. The van der Waals surface area contributed by atoms with Gasteiger partial charge in [-0.05, 0) is 70.3 Å². The first kappa shape index (κ1) is 21.2. The number of likely N-dealkylation sites (tertiary alicyclic amines) is 2. The molecule has 0 spiro atoms. The maximum absolute atomic E-state index is 12.8. The normalized spacial score (nSPS) is 19.2. The number of pyridine rings is 1. The Morgan fingerprint density at radius 2 is 1.90 bits per heavy atom. The summed E-state index contributed by atoms with van der Waals surface area (Å²) in [5.41, 5.74) is 1.10. The summed E-state index contributed by atoms with van der Waals surface area (Å²) in [6.07, 6.45) is 5.01. The summed E-state index contributed by atoms with van der Waals surface area (Å²) in [6, 6.07) is 6.10. The van der Waals surface area contributed by atoms with Crippen molar-refractivity contribution in [2.75, 3.05) is 38.0 Å². The Kier molecular flexibility index (Phi) is 6.94. The number of piperidine rings is 2. The molecule has 2 fully saturated rings. The first-order chi connectivity index (χ1) is 14.6. The van der Waals surface area contributed by atoms with Crippen LogP contribution in [-0.4, -0.2) is 63.6 Å². The van der Waals surface area contributed by atoms with Gasteiger partial charge >= 0.3 is 0 Å². The molecule has 8 heteroatoms. The fraction of sp³-hybridized carbons (Fsp3) is 0.636. The molecule has 1 N–H and O–H groups in total. The number of nitrogens with zero attached hydrogens (tertiary/aromatic N) is 5. The van der Waals surface area contributed by atoms with Crippen LogP contribution in [0.15, 0.2) is 18.2 Å². The molecule has 0 unspecified atom stereocenters. The molecule has 162 valence electrons. The topological polar surface area (TPSA) is 74.2 Å². The number of nitrogens with one attached hydrogen (secondary N) is 1. The molecule has 30 heavy (non-hydrogen) atoms. The van der Waals surface area contributed by atoms with Crippen molar-refractivity contribution in [3.8, 4) is 0 Å². The van der Waals surface area contributed by atoms with Gasteiger partial charge in [-0.15, -0.1) is 10.2 Å². The molecule has 0 aliphatic carbocycles. The molecule has 2 aromatic heterocycles. The molecule has 1 amide bonds. The summed E-state index contributed by atoms with van der Waals surface area (Å²) < 4.78 is 0. The highest BCUT2D eigenvalue weighted by molar-refractivity contribution is 7.15. The predicted molar refractivity (Wildman–Crippen MR) is 120 cm³/mol. The number of hydrogen-bond donors (Lipinski definition) is 1. The highest BCUT2D eigenvalue weighted by Gasteiger charge is 2.27. The van der Waals surface area contributed by atoms with Gasteiger partial charge in [0.25, 0.3) is 0 Å². The van der Waals surface area contributed by atoms with Crippen molar-refractivity contribution in [3.05, 3.63) is 28.9 Å². The van der Waals surface area contributed by atoms with Gasteiger partial charge in [0.15, 0.2) is 0 Å². The molecule has 2 saturated heterocycles. The van der Waals surface area contributed by atoms with E-state index in [0.29, 0.717) is 17.7 Å². The Morgan fingerprint density at radius 3 is 2.57 bits per heavy atom. The number of anilines is 2. The second-order valence-corrected chi connectivity index (χ2v) is 9.62. The number of carbonyl (C=O) groups is 1. The average molecular weight is 429 g/mol. The van der Waals surface area contributed by atoms with Crippen molar-refractivity contribution in [2.45, 2.75) is 51.9 Å².